The van der Waals surface area contributed by atoms with Crippen LogP contribution in [0.2, 0.25) is 0 Å². The summed E-state index contributed by atoms with van der Waals surface area (Å²) in [5.74, 6) is 2.31. The third kappa shape index (κ3) is 3.19. The van der Waals surface area contributed by atoms with Gasteiger partial charge < -0.3 is 14.6 Å². The van der Waals surface area contributed by atoms with Crippen molar-refractivity contribution < 1.29 is 13.7 Å². The van der Waals surface area contributed by atoms with Crippen LogP contribution in [-0.4, -0.2) is 28.2 Å². The van der Waals surface area contributed by atoms with Gasteiger partial charge >= 0.3 is 0 Å². The highest BCUT2D eigenvalue weighted by Gasteiger charge is 2.57. The number of ether oxygens (including phenoxy) is 1. The van der Waals surface area contributed by atoms with Crippen molar-refractivity contribution in [3.05, 3.63) is 54.3 Å². The maximum atomic E-state index is 12.9. The third-order valence-corrected chi connectivity index (χ3v) is 5.56. The van der Waals surface area contributed by atoms with E-state index in [0.717, 1.165) is 31.0 Å². The molecular formula is C20H19FN4O2. The van der Waals surface area contributed by atoms with E-state index in [0.29, 0.717) is 28.8 Å². The predicted octanol–water partition coefficient (Wildman–Crippen LogP) is 3.92. The van der Waals surface area contributed by atoms with Crippen molar-refractivity contribution in [1.29, 1.82) is 0 Å². The van der Waals surface area contributed by atoms with Crippen LogP contribution in [-0.2, 0) is 0 Å². The number of hydrogen-bond donors (Lipinski definition) is 1. The molecule has 1 aliphatic heterocycles. The largest absolute Gasteiger partial charge is 0.439 e. The van der Waals surface area contributed by atoms with E-state index in [1.807, 2.05) is 6.07 Å². The van der Waals surface area contributed by atoms with Gasteiger partial charge in [-0.1, -0.05) is 5.16 Å². The van der Waals surface area contributed by atoms with E-state index in [9.17, 15) is 4.39 Å². The first-order valence-corrected chi connectivity index (χ1v) is 9.16. The number of hydrogen-bond acceptors (Lipinski definition) is 6. The van der Waals surface area contributed by atoms with Crippen molar-refractivity contribution in [1.82, 2.24) is 20.4 Å². The summed E-state index contributed by atoms with van der Waals surface area (Å²) in [6, 6.07) is 9.38. The van der Waals surface area contributed by atoms with E-state index in [1.165, 1.54) is 25.0 Å². The van der Waals surface area contributed by atoms with Gasteiger partial charge in [-0.25, -0.2) is 9.37 Å². The lowest BCUT2D eigenvalue weighted by Gasteiger charge is -2.22. The van der Waals surface area contributed by atoms with Crippen molar-refractivity contribution in [3.8, 4) is 23.0 Å². The molecule has 1 unspecified atom stereocenters. The van der Waals surface area contributed by atoms with E-state index in [-0.39, 0.29) is 5.82 Å². The lowest BCUT2D eigenvalue weighted by Crippen LogP contribution is -2.29. The second kappa shape index (κ2) is 6.42. The molecule has 2 fully saturated rings. The summed E-state index contributed by atoms with van der Waals surface area (Å²) in [5.41, 5.74) is 1.14. The Morgan fingerprint density at radius 3 is 2.67 bits per heavy atom. The van der Waals surface area contributed by atoms with Crippen LogP contribution in [0.15, 0.2) is 47.1 Å². The summed E-state index contributed by atoms with van der Waals surface area (Å²) >= 11 is 0. The molecule has 5 rings (SSSR count). The minimum absolute atomic E-state index is 0.305. The minimum atomic E-state index is -0.305. The van der Waals surface area contributed by atoms with Crippen molar-refractivity contribution >= 4 is 0 Å². The smallest absolute Gasteiger partial charge is 0.230 e. The first kappa shape index (κ1) is 16.4. The first-order valence-electron chi connectivity index (χ1n) is 9.16. The van der Waals surface area contributed by atoms with Crippen molar-refractivity contribution in [2.45, 2.75) is 25.2 Å². The number of rotatable bonds is 4. The number of pyridine rings is 1. The molecule has 1 saturated carbocycles. The Hall–Kier alpha value is -2.80. The van der Waals surface area contributed by atoms with Gasteiger partial charge in [0, 0.05) is 23.7 Å². The second-order valence-corrected chi connectivity index (χ2v) is 7.27. The maximum absolute atomic E-state index is 12.9. The second-order valence-electron chi connectivity index (χ2n) is 7.27. The summed E-state index contributed by atoms with van der Waals surface area (Å²) in [4.78, 5) is 8.87. The highest BCUT2D eigenvalue weighted by Crippen LogP contribution is 2.63. The molecule has 1 spiro atoms. The summed E-state index contributed by atoms with van der Waals surface area (Å²) in [7, 11) is 0. The average Bonchev–Trinajstić information content (AvgIpc) is 3.15. The van der Waals surface area contributed by atoms with Crippen molar-refractivity contribution in [2.24, 2.45) is 5.41 Å². The molecule has 0 radical (unpaired) electrons. The summed E-state index contributed by atoms with van der Waals surface area (Å²) < 4.78 is 24.1. The number of aromatic nitrogens is 3. The Morgan fingerprint density at radius 1 is 1.11 bits per heavy atom. The molecule has 1 saturated heterocycles. The fourth-order valence-corrected chi connectivity index (χ4v) is 3.86. The molecule has 0 bridgehead atoms. The average molecular weight is 366 g/mol. The number of nitrogens with zero attached hydrogens (tertiary/aromatic N) is 3. The highest BCUT2D eigenvalue weighted by molar-refractivity contribution is 5.53. The van der Waals surface area contributed by atoms with Gasteiger partial charge in [0.2, 0.25) is 17.6 Å². The molecule has 138 valence electrons. The zero-order valence-electron chi connectivity index (χ0n) is 14.7. The zero-order valence-corrected chi connectivity index (χ0v) is 14.7. The molecule has 1 N–H and O–H groups in total. The van der Waals surface area contributed by atoms with Crippen molar-refractivity contribution in [2.75, 3.05) is 13.1 Å². The molecule has 7 heteroatoms. The van der Waals surface area contributed by atoms with Gasteiger partial charge in [0.05, 0.1) is 0 Å². The Labute approximate surface area is 155 Å². The molecule has 6 nitrogen and oxygen atoms in total. The molecule has 2 aromatic heterocycles. The van der Waals surface area contributed by atoms with Gasteiger partial charge in [-0.05, 0) is 68.1 Å². The number of piperidine rings is 1. The van der Waals surface area contributed by atoms with Crippen LogP contribution in [0.3, 0.4) is 0 Å². The predicted molar refractivity (Wildman–Crippen MR) is 95.9 cm³/mol. The van der Waals surface area contributed by atoms with Gasteiger partial charge in [-0.15, -0.1) is 0 Å². The van der Waals surface area contributed by atoms with E-state index in [2.05, 4.69) is 20.4 Å². The standard InChI is InChI=1S/C20H19FN4O2/c21-14-2-4-15(5-3-14)26-17-6-1-13(12-23-17)18-24-19(27-25-18)16-11-20(16)7-9-22-10-8-20/h1-6,12,16,22H,7-11H2. The van der Waals surface area contributed by atoms with Crippen LogP contribution in [0.5, 0.6) is 11.6 Å². The molecule has 1 atom stereocenters. The molecule has 3 aromatic rings. The van der Waals surface area contributed by atoms with Gasteiger partial charge in [0.1, 0.15) is 11.6 Å². The molecular weight excluding hydrogens is 347 g/mol. The molecule has 1 aromatic carbocycles. The summed E-state index contributed by atoms with van der Waals surface area (Å²) in [5, 5.41) is 7.53. The van der Waals surface area contributed by atoms with Crippen molar-refractivity contribution in [3.63, 3.8) is 0 Å². The lowest BCUT2D eigenvalue weighted by atomic mass is 9.92. The number of benzene rings is 1. The topological polar surface area (TPSA) is 73.1 Å². The Balaban J connectivity index is 1.28. The maximum Gasteiger partial charge on any atom is 0.230 e. The molecule has 27 heavy (non-hydrogen) atoms. The number of halogens is 1. The molecule has 0 amide bonds. The molecule has 2 aliphatic rings. The monoisotopic (exact) mass is 366 g/mol. The van der Waals surface area contributed by atoms with Gasteiger partial charge in [0.25, 0.3) is 0 Å². The fraction of sp³-hybridized carbons (Fsp3) is 0.350. The van der Waals surface area contributed by atoms with Crippen LogP contribution >= 0.6 is 0 Å². The Morgan fingerprint density at radius 2 is 1.93 bits per heavy atom. The quantitative estimate of drug-likeness (QED) is 0.754. The zero-order chi connectivity index (χ0) is 18.3. The first-order chi connectivity index (χ1) is 13.2. The van der Waals surface area contributed by atoms with Crippen LogP contribution in [0.1, 0.15) is 31.1 Å². The normalized spacial score (nSPS) is 20.6. The fourth-order valence-electron chi connectivity index (χ4n) is 3.86. The molecule has 3 heterocycles. The van der Waals surface area contributed by atoms with E-state index in [1.54, 1.807) is 24.4 Å². The Kier molecular flexibility index (Phi) is 3.89. The van der Waals surface area contributed by atoms with Crippen LogP contribution in [0.25, 0.3) is 11.4 Å². The SMILES string of the molecule is Fc1ccc(Oc2ccc(-c3noc(C4CC45CCNCC5)n3)cn2)cc1. The van der Waals surface area contributed by atoms with Gasteiger partial charge in [-0.3, -0.25) is 0 Å². The van der Waals surface area contributed by atoms with E-state index < -0.39 is 0 Å². The molecule has 1 aliphatic carbocycles. The summed E-state index contributed by atoms with van der Waals surface area (Å²) in [6.45, 7) is 2.13. The Bertz CT molecular complexity index is 933. The van der Waals surface area contributed by atoms with Crippen LogP contribution in [0, 0.1) is 11.2 Å². The van der Waals surface area contributed by atoms with E-state index >= 15 is 0 Å². The highest BCUT2D eigenvalue weighted by atomic mass is 19.1. The number of nitrogens with one attached hydrogen (secondary N) is 1. The van der Waals surface area contributed by atoms with Crippen LogP contribution in [0.4, 0.5) is 4.39 Å². The third-order valence-electron chi connectivity index (χ3n) is 5.56. The lowest BCUT2D eigenvalue weighted by molar-refractivity contribution is 0.311. The van der Waals surface area contributed by atoms with Crippen LogP contribution < -0.4 is 10.1 Å². The minimum Gasteiger partial charge on any atom is -0.439 e. The van der Waals surface area contributed by atoms with Gasteiger partial charge in [-0.2, -0.15) is 4.98 Å². The van der Waals surface area contributed by atoms with Gasteiger partial charge in [0.15, 0.2) is 0 Å². The van der Waals surface area contributed by atoms with E-state index in [4.69, 9.17) is 9.26 Å². The summed E-state index contributed by atoms with van der Waals surface area (Å²) in [6.07, 6.45) is 5.14.